The smallest absolute Gasteiger partial charge is 0.0942 e. The van der Waals surface area contributed by atoms with Gasteiger partial charge >= 0.3 is 0 Å². The fourth-order valence-corrected chi connectivity index (χ4v) is 2.47. The van der Waals surface area contributed by atoms with Crippen LogP contribution in [0.4, 0.5) is 5.69 Å². The van der Waals surface area contributed by atoms with Crippen LogP contribution in [0.2, 0.25) is 0 Å². The monoisotopic (exact) mass is 320 g/mol. The van der Waals surface area contributed by atoms with E-state index in [4.69, 9.17) is 5.11 Å². The molecule has 1 heterocycles. The van der Waals surface area contributed by atoms with Crippen LogP contribution in [0.25, 0.3) is 23.1 Å². The highest BCUT2D eigenvalue weighted by Crippen LogP contribution is 2.24. The highest BCUT2D eigenvalue weighted by Gasteiger charge is 2.06. The van der Waals surface area contributed by atoms with Gasteiger partial charge in [-0.3, -0.25) is 0 Å². The zero-order valence-corrected chi connectivity index (χ0v) is 13.3. The summed E-state index contributed by atoms with van der Waals surface area (Å²) in [6.07, 6.45) is 3.19. The van der Waals surface area contributed by atoms with Crippen molar-refractivity contribution in [1.29, 1.82) is 0 Å². The molecule has 0 aliphatic rings. The topological polar surface area (TPSA) is 65.4 Å². The Hall–Kier alpha value is -2.69. The lowest BCUT2D eigenvalue weighted by Crippen LogP contribution is -2.23. The first-order valence-corrected chi connectivity index (χ1v) is 7.92. The van der Waals surface area contributed by atoms with Crippen LogP contribution in [-0.2, 0) is 0 Å². The number of aromatic nitrogens is 1. The molecule has 0 aliphatic heterocycles. The van der Waals surface area contributed by atoms with Gasteiger partial charge in [0.05, 0.1) is 23.9 Å². The Morgan fingerprint density at radius 2 is 1.75 bits per heavy atom. The minimum Gasteiger partial charge on any atom is -0.394 e. The first-order chi connectivity index (χ1) is 11.8. The molecule has 0 saturated carbocycles. The van der Waals surface area contributed by atoms with Crippen LogP contribution in [0, 0.1) is 0 Å². The van der Waals surface area contributed by atoms with Gasteiger partial charge in [0.15, 0.2) is 0 Å². The molecule has 3 rings (SSSR count). The number of anilines is 1. The maximum Gasteiger partial charge on any atom is 0.0942 e. The molecule has 0 aliphatic carbocycles. The van der Waals surface area contributed by atoms with Gasteiger partial charge in [-0.15, -0.1) is 0 Å². The first kappa shape index (κ1) is 16.2. The Balaban J connectivity index is 1.92. The Labute approximate surface area is 141 Å². The molecule has 4 heteroatoms. The Morgan fingerprint density at radius 1 is 1.00 bits per heavy atom. The van der Waals surface area contributed by atoms with E-state index in [1.54, 1.807) is 0 Å². The Bertz CT molecular complexity index is 831. The highest BCUT2D eigenvalue weighted by molar-refractivity contribution is 5.92. The van der Waals surface area contributed by atoms with Crippen LogP contribution >= 0.6 is 0 Å². The second-order valence-electron chi connectivity index (χ2n) is 5.57. The van der Waals surface area contributed by atoms with Crippen LogP contribution in [-0.4, -0.2) is 34.5 Å². The van der Waals surface area contributed by atoms with Crippen molar-refractivity contribution in [2.45, 2.75) is 6.10 Å². The number of para-hydroxylation sites is 1. The average Bonchev–Trinajstić information content (AvgIpc) is 2.65. The molecule has 0 saturated heterocycles. The molecule has 0 spiro atoms. The maximum atomic E-state index is 9.57. The van der Waals surface area contributed by atoms with E-state index in [9.17, 15) is 5.11 Å². The van der Waals surface area contributed by atoms with Crippen molar-refractivity contribution in [1.82, 2.24) is 4.98 Å². The van der Waals surface area contributed by atoms with Gasteiger partial charge in [0.1, 0.15) is 0 Å². The zero-order chi connectivity index (χ0) is 16.8. The summed E-state index contributed by atoms with van der Waals surface area (Å²) in [4.78, 5) is 4.66. The standard InChI is InChI=1S/C20H20N2O2/c23-14-17(24)13-21-20-12-16(11-10-15-6-2-1-3-7-15)22-19-9-5-4-8-18(19)20/h1-12,17,23-24H,13-14H2,(H,21,22)/b11-10+. The quantitative estimate of drug-likeness (QED) is 0.653. The van der Waals surface area contributed by atoms with Gasteiger partial charge in [-0.2, -0.15) is 0 Å². The van der Waals surface area contributed by atoms with Crippen LogP contribution in [0.1, 0.15) is 11.3 Å². The summed E-state index contributed by atoms with van der Waals surface area (Å²) in [5, 5.41) is 22.7. The van der Waals surface area contributed by atoms with Gasteiger partial charge in [-0.25, -0.2) is 4.98 Å². The lowest BCUT2D eigenvalue weighted by molar-refractivity contribution is 0.105. The molecule has 0 fully saturated rings. The zero-order valence-electron chi connectivity index (χ0n) is 13.3. The Morgan fingerprint density at radius 3 is 2.54 bits per heavy atom. The van der Waals surface area contributed by atoms with E-state index in [-0.39, 0.29) is 13.2 Å². The summed E-state index contributed by atoms with van der Waals surface area (Å²) in [5.74, 6) is 0. The summed E-state index contributed by atoms with van der Waals surface area (Å²) in [7, 11) is 0. The molecule has 24 heavy (non-hydrogen) atoms. The fourth-order valence-electron chi connectivity index (χ4n) is 2.47. The number of aliphatic hydroxyl groups is 2. The highest BCUT2D eigenvalue weighted by atomic mass is 16.3. The molecule has 3 N–H and O–H groups in total. The van der Waals surface area contributed by atoms with Gasteiger partial charge < -0.3 is 15.5 Å². The van der Waals surface area contributed by atoms with Crippen molar-refractivity contribution in [3.63, 3.8) is 0 Å². The average molecular weight is 320 g/mol. The molecule has 1 aromatic heterocycles. The summed E-state index contributed by atoms with van der Waals surface area (Å²) >= 11 is 0. The van der Waals surface area contributed by atoms with Crippen LogP contribution in [0.3, 0.4) is 0 Å². The fraction of sp³-hybridized carbons (Fsp3) is 0.150. The largest absolute Gasteiger partial charge is 0.394 e. The number of nitrogens with zero attached hydrogens (tertiary/aromatic N) is 1. The first-order valence-electron chi connectivity index (χ1n) is 7.92. The van der Waals surface area contributed by atoms with Gasteiger partial charge in [0.25, 0.3) is 0 Å². The number of hydrogen-bond donors (Lipinski definition) is 3. The number of aliphatic hydroxyl groups excluding tert-OH is 2. The number of benzene rings is 2. The molecule has 4 nitrogen and oxygen atoms in total. The minimum absolute atomic E-state index is 0.267. The summed E-state index contributed by atoms with van der Waals surface area (Å²) in [6, 6.07) is 19.9. The predicted octanol–water partition coefficient (Wildman–Crippen LogP) is 3.17. The second-order valence-corrected chi connectivity index (χ2v) is 5.57. The molecule has 1 unspecified atom stereocenters. The number of rotatable bonds is 6. The summed E-state index contributed by atoms with van der Waals surface area (Å²) < 4.78 is 0. The van der Waals surface area contributed by atoms with Crippen LogP contribution < -0.4 is 5.32 Å². The molecule has 3 aromatic rings. The number of nitrogens with one attached hydrogen (secondary N) is 1. The lowest BCUT2D eigenvalue weighted by Gasteiger charge is -2.13. The van der Waals surface area contributed by atoms with E-state index in [0.29, 0.717) is 0 Å². The molecule has 0 radical (unpaired) electrons. The third kappa shape index (κ3) is 3.98. The molecule has 122 valence electrons. The van der Waals surface area contributed by atoms with Crippen molar-refractivity contribution in [3.05, 3.63) is 71.9 Å². The summed E-state index contributed by atoms with van der Waals surface area (Å²) in [6.45, 7) is 0.0170. The maximum absolute atomic E-state index is 9.57. The van der Waals surface area contributed by atoms with Gasteiger partial charge in [-0.05, 0) is 23.8 Å². The van der Waals surface area contributed by atoms with E-state index in [2.05, 4.69) is 10.3 Å². The second kappa shape index (κ2) is 7.73. The normalized spacial score (nSPS) is 12.6. The number of hydrogen-bond acceptors (Lipinski definition) is 4. The van der Waals surface area contributed by atoms with Gasteiger partial charge in [0.2, 0.25) is 0 Å². The number of pyridine rings is 1. The molecular weight excluding hydrogens is 300 g/mol. The van der Waals surface area contributed by atoms with E-state index < -0.39 is 6.10 Å². The molecule has 0 bridgehead atoms. The van der Waals surface area contributed by atoms with E-state index in [0.717, 1.165) is 27.8 Å². The van der Waals surface area contributed by atoms with Gasteiger partial charge in [-0.1, -0.05) is 54.6 Å². The SMILES string of the molecule is OCC(O)CNc1cc(/C=C/c2ccccc2)nc2ccccc12. The van der Waals surface area contributed by atoms with E-state index in [1.807, 2.05) is 72.8 Å². The molecular formula is C20H20N2O2. The molecule has 2 aromatic carbocycles. The van der Waals surface area contributed by atoms with E-state index >= 15 is 0 Å². The summed E-state index contributed by atoms with van der Waals surface area (Å²) in [5.41, 5.74) is 3.71. The predicted molar refractivity (Wildman–Crippen MR) is 98.7 cm³/mol. The van der Waals surface area contributed by atoms with Crippen molar-refractivity contribution in [2.24, 2.45) is 0 Å². The van der Waals surface area contributed by atoms with E-state index in [1.165, 1.54) is 0 Å². The minimum atomic E-state index is -0.791. The number of fused-ring (bicyclic) bond motifs is 1. The van der Waals surface area contributed by atoms with Crippen molar-refractivity contribution < 1.29 is 10.2 Å². The van der Waals surface area contributed by atoms with Crippen LogP contribution in [0.5, 0.6) is 0 Å². The molecule has 1 atom stereocenters. The lowest BCUT2D eigenvalue weighted by atomic mass is 10.1. The van der Waals surface area contributed by atoms with Crippen molar-refractivity contribution >= 4 is 28.7 Å². The third-order valence-electron chi connectivity index (χ3n) is 3.72. The third-order valence-corrected chi connectivity index (χ3v) is 3.72. The van der Waals surface area contributed by atoms with Crippen molar-refractivity contribution in [3.8, 4) is 0 Å². The van der Waals surface area contributed by atoms with Crippen LogP contribution in [0.15, 0.2) is 60.7 Å². The molecule has 0 amide bonds. The van der Waals surface area contributed by atoms with Crippen molar-refractivity contribution in [2.75, 3.05) is 18.5 Å². The Kier molecular flexibility index (Phi) is 5.21. The van der Waals surface area contributed by atoms with Gasteiger partial charge in [0, 0.05) is 17.6 Å².